The molecule has 2 N–H and O–H groups in total. The topological polar surface area (TPSA) is 109 Å². The molecule has 0 aromatic rings. The Balaban J connectivity index is 0. The molecule has 0 rings (SSSR count). The van der Waals surface area contributed by atoms with E-state index in [2.05, 4.69) is 0 Å². The van der Waals surface area contributed by atoms with Crippen LogP contribution < -0.4 is 4.91 Å². The van der Waals surface area contributed by atoms with Crippen molar-refractivity contribution in [2.45, 2.75) is 6.42 Å². The smallest absolute Gasteiger partial charge is 0.197 e. The van der Waals surface area contributed by atoms with Crippen LogP contribution in [0.15, 0.2) is 0 Å². The summed E-state index contributed by atoms with van der Waals surface area (Å²) in [6.07, 6.45) is 0. The zero-order valence-corrected chi connectivity index (χ0v) is 4.05. The fraction of sp³-hybridized carbons (Fsp3) is 0.333. The van der Waals surface area contributed by atoms with Gasteiger partial charge in [0.1, 0.15) is 17.5 Å². The number of rotatable bonds is 0. The van der Waals surface area contributed by atoms with Gasteiger partial charge in [0.25, 0.3) is 0 Å². The van der Waals surface area contributed by atoms with E-state index in [1.54, 1.807) is 12.1 Å². The lowest BCUT2D eigenvalue weighted by Gasteiger charge is -1.45. The molecule has 40 valence electrons. The Morgan fingerprint density at radius 1 is 1.25 bits per heavy atom. The minimum Gasteiger partial charge on any atom is -0.197 e. The van der Waals surface area contributed by atoms with E-state index < -0.39 is 0 Å². The molecule has 8 heavy (non-hydrogen) atoms. The van der Waals surface area contributed by atoms with Crippen molar-refractivity contribution in [1.29, 1.82) is 21.6 Å². The molecule has 5 nitrogen and oxygen atoms in total. The third-order valence-corrected chi connectivity index (χ3v) is 0.158. The molecule has 0 fully saturated rings. The number of nitriles is 2. The number of nitrogens with zero attached hydrogens (tertiary/aromatic N) is 3. The highest BCUT2D eigenvalue weighted by Gasteiger charge is 1.61. The molecule has 0 aliphatic heterocycles. The molecule has 0 aliphatic carbocycles. The second kappa shape index (κ2) is 18.6. The third-order valence-electron chi connectivity index (χ3n) is 0.158. The molecule has 0 aromatic carbocycles. The van der Waals surface area contributed by atoms with Crippen molar-refractivity contribution in [3.05, 3.63) is 0 Å². The summed E-state index contributed by atoms with van der Waals surface area (Å²) in [6.45, 7) is 0. The predicted octanol–water partition coefficient (Wildman–Crippen LogP) is 0.539. The Hall–Kier alpha value is -1.71. The van der Waals surface area contributed by atoms with Gasteiger partial charge in [-0.1, -0.05) is 0 Å². The first kappa shape index (κ1) is 9.56. The van der Waals surface area contributed by atoms with E-state index >= 15 is 0 Å². The molecule has 0 saturated heterocycles. The van der Waals surface area contributed by atoms with Gasteiger partial charge in [0.15, 0.2) is 0 Å². The van der Waals surface area contributed by atoms with E-state index in [-0.39, 0.29) is 6.42 Å². The van der Waals surface area contributed by atoms with Gasteiger partial charge in [-0.2, -0.15) is 10.5 Å². The van der Waals surface area contributed by atoms with Crippen LogP contribution in [0.3, 0.4) is 0 Å². The van der Waals surface area contributed by atoms with Gasteiger partial charge in [-0.25, -0.2) is 0 Å². The summed E-state index contributed by atoms with van der Waals surface area (Å²) >= 11 is 0. The average molecular weight is 110 g/mol. The Labute approximate surface area is 46.2 Å². The molecule has 0 unspecified atom stereocenters. The molecule has 5 heteroatoms. The second-order valence-corrected chi connectivity index (χ2v) is 0.605. The van der Waals surface area contributed by atoms with Crippen LogP contribution in [0.25, 0.3) is 0 Å². The van der Waals surface area contributed by atoms with E-state index in [1.165, 1.54) is 0 Å². The maximum absolute atomic E-state index is 7.59. The fourth-order valence-corrected chi connectivity index (χ4v) is 0.0354. The zero-order valence-electron chi connectivity index (χ0n) is 4.05. The minimum atomic E-state index is 0. The van der Waals surface area contributed by atoms with Crippen LogP contribution in [-0.2, 0) is 0 Å². The lowest BCUT2D eigenvalue weighted by Crippen LogP contribution is -1.47. The van der Waals surface area contributed by atoms with E-state index in [0.29, 0.717) is 0 Å². The van der Waals surface area contributed by atoms with Gasteiger partial charge in [0, 0.05) is 0 Å². The highest BCUT2D eigenvalue weighted by atomic mass is 15.0. The van der Waals surface area contributed by atoms with Crippen LogP contribution in [0, 0.1) is 33.7 Å². The van der Waals surface area contributed by atoms with Crippen molar-refractivity contribution < 1.29 is 0 Å². The minimum absolute atomic E-state index is 0. The highest BCUT2D eigenvalue weighted by molar-refractivity contribution is 4.85. The van der Waals surface area contributed by atoms with Gasteiger partial charge in [-0.3, -0.25) is 0 Å². The normalized spacial score (nSPS) is 3.75. The lowest BCUT2D eigenvalue weighted by atomic mass is 10.5. The van der Waals surface area contributed by atoms with Gasteiger partial charge in [0.05, 0.1) is 12.1 Å². The maximum Gasteiger partial charge on any atom is 0.211 e. The molecular weight excluding hydrogens is 106 g/mol. The van der Waals surface area contributed by atoms with Crippen LogP contribution in [0.4, 0.5) is 0 Å². The summed E-state index contributed by atoms with van der Waals surface area (Å²) in [4.78, 5) is 2.00. The van der Waals surface area contributed by atoms with Crippen molar-refractivity contribution in [3.8, 4) is 12.1 Å². The number of nitrogens with one attached hydrogen (secondary N) is 2. The Morgan fingerprint density at radius 2 is 1.50 bits per heavy atom. The SMILES string of the molecule is N#CCC#N.N=[N+]=N. The summed E-state index contributed by atoms with van der Waals surface area (Å²) < 4.78 is 0. The van der Waals surface area contributed by atoms with Gasteiger partial charge in [-0.15, -0.1) is 0 Å². The van der Waals surface area contributed by atoms with Gasteiger partial charge in [-0.05, 0) is 0 Å². The molecule has 0 aromatic heterocycles. The van der Waals surface area contributed by atoms with Crippen molar-refractivity contribution >= 4 is 0 Å². The molecule has 0 saturated carbocycles. The first-order valence-corrected chi connectivity index (χ1v) is 1.60. The molecule has 0 aliphatic rings. The summed E-state index contributed by atoms with van der Waals surface area (Å²) in [5.74, 6) is 0. The standard InChI is InChI=1S/C3H2N2.H2N3/c4-2-1-3-5;1-3-2/h1H2;1-2H/q;+1. The van der Waals surface area contributed by atoms with Crippen LogP contribution in [0.5, 0.6) is 0 Å². The summed E-state index contributed by atoms with van der Waals surface area (Å²) in [7, 11) is 0. The van der Waals surface area contributed by atoms with Crippen molar-refractivity contribution in [2.75, 3.05) is 0 Å². The highest BCUT2D eigenvalue weighted by Crippen LogP contribution is 1.59. The first-order valence-electron chi connectivity index (χ1n) is 1.60. The van der Waals surface area contributed by atoms with Crippen LogP contribution in [-0.4, -0.2) is 0 Å². The first-order chi connectivity index (χ1) is 3.83. The molecule has 0 radical (unpaired) electrons. The molecule has 0 spiro atoms. The van der Waals surface area contributed by atoms with Crippen LogP contribution in [0.2, 0.25) is 0 Å². The lowest BCUT2D eigenvalue weighted by molar-refractivity contribution is 0.928. The zero-order chi connectivity index (χ0) is 6.83. The average Bonchev–Trinajstić information content (AvgIpc) is 1.71. The molecule has 0 atom stereocenters. The van der Waals surface area contributed by atoms with E-state index in [4.69, 9.17) is 21.6 Å². The quantitative estimate of drug-likeness (QED) is 0.350. The van der Waals surface area contributed by atoms with Crippen LogP contribution >= 0.6 is 0 Å². The molecule has 0 heterocycles. The van der Waals surface area contributed by atoms with E-state index in [1.807, 2.05) is 4.91 Å². The van der Waals surface area contributed by atoms with E-state index in [0.717, 1.165) is 0 Å². The van der Waals surface area contributed by atoms with Crippen LogP contribution in [0.1, 0.15) is 6.42 Å². The van der Waals surface area contributed by atoms with Crippen molar-refractivity contribution in [3.63, 3.8) is 0 Å². The van der Waals surface area contributed by atoms with Gasteiger partial charge < -0.3 is 0 Å². The Bertz CT molecular complexity index is 128. The summed E-state index contributed by atoms with van der Waals surface area (Å²) in [5.41, 5.74) is 11.0. The summed E-state index contributed by atoms with van der Waals surface area (Å²) in [5, 5.41) is 15.2. The monoisotopic (exact) mass is 110 g/mol. The largest absolute Gasteiger partial charge is 0.211 e. The van der Waals surface area contributed by atoms with Crippen molar-refractivity contribution in [2.24, 2.45) is 0 Å². The fourth-order valence-electron chi connectivity index (χ4n) is 0.0354. The molecule has 0 amide bonds. The summed E-state index contributed by atoms with van der Waals surface area (Å²) in [6, 6.07) is 3.31. The number of hydrogen-bond donors (Lipinski definition) is 2. The molecule has 0 bridgehead atoms. The van der Waals surface area contributed by atoms with Gasteiger partial charge in [0.2, 0.25) is 4.91 Å². The predicted molar refractivity (Wildman–Crippen MR) is 23.4 cm³/mol. The van der Waals surface area contributed by atoms with Gasteiger partial charge >= 0.3 is 0 Å². The molecular formula is C3H4N5+. The maximum atomic E-state index is 7.59. The second-order valence-electron chi connectivity index (χ2n) is 0.605. The van der Waals surface area contributed by atoms with E-state index in [9.17, 15) is 0 Å². The Kier molecular flexibility index (Phi) is 22.2. The number of hydrogen-bond acceptors (Lipinski definition) is 4. The Morgan fingerprint density at radius 3 is 1.50 bits per heavy atom. The van der Waals surface area contributed by atoms with Crippen molar-refractivity contribution in [1.82, 2.24) is 4.91 Å². The third kappa shape index (κ3) is 552.